The van der Waals surface area contributed by atoms with E-state index in [0.29, 0.717) is 35.7 Å². The standard InChI is InChI=1S/C27H28ClN9O2/c1-4-15(3)22(36-24-18(13-29)23(30)32-14-33-24)25-35-20-11-7-10-19(28)21(20)26(38)37(25)17-9-6-8-16(12-17)34-27(39)31-5-2/h6-12,14-15,22H,4-5H2,1-3H3,(H2,31,34,39)(H3,30,32,33,36). The van der Waals surface area contributed by atoms with Gasteiger partial charge < -0.3 is 21.7 Å². The van der Waals surface area contributed by atoms with Gasteiger partial charge in [0.05, 0.1) is 27.7 Å². The lowest BCUT2D eigenvalue weighted by atomic mass is 9.97. The molecule has 0 aliphatic carbocycles. The van der Waals surface area contributed by atoms with Gasteiger partial charge in [0.15, 0.2) is 0 Å². The van der Waals surface area contributed by atoms with E-state index in [1.54, 1.807) is 42.5 Å². The van der Waals surface area contributed by atoms with Crippen LogP contribution in [0.4, 0.5) is 22.1 Å². The molecule has 11 nitrogen and oxygen atoms in total. The lowest BCUT2D eigenvalue weighted by Gasteiger charge is -2.28. The molecule has 2 aromatic carbocycles. The van der Waals surface area contributed by atoms with E-state index >= 15 is 0 Å². The molecule has 2 heterocycles. The molecule has 0 radical (unpaired) electrons. The maximum atomic E-state index is 14.1. The molecule has 12 heteroatoms. The average molecular weight is 546 g/mol. The third-order valence-electron chi connectivity index (χ3n) is 6.34. The highest BCUT2D eigenvalue weighted by Gasteiger charge is 2.28. The molecule has 0 aliphatic heterocycles. The number of nitrogens with one attached hydrogen (secondary N) is 3. The normalized spacial score (nSPS) is 12.4. The molecule has 0 fully saturated rings. The number of carbonyl (C=O) groups excluding carboxylic acids is 1. The van der Waals surface area contributed by atoms with E-state index in [0.717, 1.165) is 0 Å². The number of fused-ring (bicyclic) bond motifs is 1. The van der Waals surface area contributed by atoms with Crippen LogP contribution in [0, 0.1) is 17.2 Å². The molecule has 2 atom stereocenters. The lowest BCUT2D eigenvalue weighted by Crippen LogP contribution is -2.32. The molecule has 0 saturated carbocycles. The Kier molecular flexibility index (Phi) is 8.27. The van der Waals surface area contributed by atoms with Crippen molar-refractivity contribution < 1.29 is 4.79 Å². The van der Waals surface area contributed by atoms with Crippen molar-refractivity contribution in [1.29, 1.82) is 5.26 Å². The molecular formula is C27H28ClN9O2. The van der Waals surface area contributed by atoms with Gasteiger partial charge in [-0.1, -0.05) is 44.0 Å². The number of urea groups is 1. The largest absolute Gasteiger partial charge is 0.382 e. The van der Waals surface area contributed by atoms with Crippen LogP contribution in [0.3, 0.4) is 0 Å². The summed E-state index contributed by atoms with van der Waals surface area (Å²) < 4.78 is 1.47. The van der Waals surface area contributed by atoms with Crippen molar-refractivity contribution in [1.82, 2.24) is 24.8 Å². The number of halogens is 1. The van der Waals surface area contributed by atoms with Crippen molar-refractivity contribution in [3.8, 4) is 11.8 Å². The van der Waals surface area contributed by atoms with E-state index in [1.807, 2.05) is 26.8 Å². The Balaban J connectivity index is 1.97. The van der Waals surface area contributed by atoms with Crippen molar-refractivity contribution in [3.63, 3.8) is 0 Å². The molecule has 39 heavy (non-hydrogen) atoms. The maximum Gasteiger partial charge on any atom is 0.319 e. The van der Waals surface area contributed by atoms with Gasteiger partial charge >= 0.3 is 6.03 Å². The second-order valence-electron chi connectivity index (χ2n) is 8.88. The number of aromatic nitrogens is 4. The van der Waals surface area contributed by atoms with Gasteiger partial charge in [-0.05, 0) is 43.2 Å². The molecular weight excluding hydrogens is 518 g/mol. The fourth-order valence-electron chi connectivity index (χ4n) is 4.19. The zero-order valence-corrected chi connectivity index (χ0v) is 22.5. The molecule has 0 spiro atoms. The van der Waals surface area contributed by atoms with Gasteiger partial charge in [0.1, 0.15) is 35.4 Å². The van der Waals surface area contributed by atoms with Gasteiger partial charge in [-0.15, -0.1) is 0 Å². The summed E-state index contributed by atoms with van der Waals surface area (Å²) in [5.41, 5.74) is 7.02. The summed E-state index contributed by atoms with van der Waals surface area (Å²) in [4.78, 5) is 39.3. The molecule has 0 aliphatic rings. The summed E-state index contributed by atoms with van der Waals surface area (Å²) in [5.74, 6) is 0.575. The summed E-state index contributed by atoms with van der Waals surface area (Å²) in [6.45, 7) is 6.29. The van der Waals surface area contributed by atoms with Crippen LogP contribution in [0.2, 0.25) is 5.02 Å². The molecule has 2 aromatic heterocycles. The Morgan fingerprint density at radius 2 is 1.97 bits per heavy atom. The predicted octanol–water partition coefficient (Wildman–Crippen LogP) is 4.62. The summed E-state index contributed by atoms with van der Waals surface area (Å²) in [6.07, 6.45) is 1.98. The molecule has 4 aromatic rings. The zero-order valence-electron chi connectivity index (χ0n) is 21.7. The summed E-state index contributed by atoms with van der Waals surface area (Å²) >= 11 is 6.46. The van der Waals surface area contributed by atoms with Crippen molar-refractivity contribution in [2.45, 2.75) is 33.2 Å². The number of nitrogens with zero attached hydrogens (tertiary/aromatic N) is 5. The van der Waals surface area contributed by atoms with Crippen LogP contribution in [-0.4, -0.2) is 32.1 Å². The van der Waals surface area contributed by atoms with E-state index in [2.05, 4.69) is 25.9 Å². The fraction of sp³-hybridized carbons (Fsp3) is 0.259. The first-order valence-corrected chi connectivity index (χ1v) is 12.8. The van der Waals surface area contributed by atoms with Gasteiger partial charge in [-0.2, -0.15) is 5.26 Å². The smallest absolute Gasteiger partial charge is 0.319 e. The van der Waals surface area contributed by atoms with E-state index in [-0.39, 0.29) is 45.1 Å². The Labute approximate surface area is 230 Å². The number of carbonyl (C=O) groups is 1. The molecule has 2 unspecified atom stereocenters. The Morgan fingerprint density at radius 3 is 2.69 bits per heavy atom. The van der Waals surface area contributed by atoms with Crippen LogP contribution < -0.4 is 27.2 Å². The monoisotopic (exact) mass is 545 g/mol. The molecule has 200 valence electrons. The molecule has 2 amide bonds. The number of anilines is 3. The van der Waals surface area contributed by atoms with E-state index in [4.69, 9.17) is 22.3 Å². The van der Waals surface area contributed by atoms with Crippen LogP contribution in [-0.2, 0) is 0 Å². The number of nitrogens with two attached hydrogens (primary N) is 1. The molecule has 0 bridgehead atoms. The second-order valence-corrected chi connectivity index (χ2v) is 9.29. The first-order chi connectivity index (χ1) is 18.8. The number of hydrogen-bond acceptors (Lipinski definition) is 8. The third-order valence-corrected chi connectivity index (χ3v) is 6.66. The SMILES string of the molecule is CCNC(=O)Nc1cccc(-n2c(C(Nc3ncnc(N)c3C#N)C(C)CC)nc3cccc(Cl)c3c2=O)c1. The first kappa shape index (κ1) is 27.3. The van der Waals surface area contributed by atoms with Gasteiger partial charge in [0.2, 0.25) is 0 Å². The zero-order chi connectivity index (χ0) is 28.1. The van der Waals surface area contributed by atoms with Crippen molar-refractivity contribution in [3.05, 3.63) is 75.6 Å². The highest BCUT2D eigenvalue weighted by Crippen LogP contribution is 2.32. The summed E-state index contributed by atoms with van der Waals surface area (Å²) in [7, 11) is 0. The summed E-state index contributed by atoms with van der Waals surface area (Å²) in [5, 5.41) is 19.0. The fourth-order valence-corrected chi connectivity index (χ4v) is 4.44. The van der Waals surface area contributed by atoms with Gasteiger partial charge in [-0.25, -0.2) is 19.7 Å². The van der Waals surface area contributed by atoms with Crippen LogP contribution in [0.1, 0.15) is 44.6 Å². The van der Waals surface area contributed by atoms with E-state index < -0.39 is 6.04 Å². The van der Waals surface area contributed by atoms with Crippen LogP contribution in [0.25, 0.3) is 16.6 Å². The molecule has 4 rings (SSSR count). The number of nitrogen functional groups attached to an aromatic ring is 1. The first-order valence-electron chi connectivity index (χ1n) is 12.4. The van der Waals surface area contributed by atoms with Crippen LogP contribution in [0.15, 0.2) is 53.6 Å². The minimum atomic E-state index is -0.576. The molecule has 5 N–H and O–H groups in total. The molecule has 0 saturated heterocycles. The topological polar surface area (TPSA) is 164 Å². The Bertz CT molecular complexity index is 1630. The van der Waals surface area contributed by atoms with Crippen molar-refractivity contribution >= 4 is 45.9 Å². The van der Waals surface area contributed by atoms with Gasteiger partial charge in [0, 0.05) is 12.2 Å². The maximum absolute atomic E-state index is 14.1. The van der Waals surface area contributed by atoms with Crippen molar-refractivity contribution in [2.24, 2.45) is 5.92 Å². The van der Waals surface area contributed by atoms with Gasteiger partial charge in [-0.3, -0.25) is 9.36 Å². The minimum Gasteiger partial charge on any atom is -0.382 e. The minimum absolute atomic E-state index is 0.0395. The Morgan fingerprint density at radius 1 is 1.21 bits per heavy atom. The summed E-state index contributed by atoms with van der Waals surface area (Å²) in [6, 6.07) is 13.1. The number of rotatable bonds is 8. The van der Waals surface area contributed by atoms with Crippen molar-refractivity contribution in [2.75, 3.05) is 22.9 Å². The Hall–Kier alpha value is -4.69. The number of hydrogen-bond donors (Lipinski definition) is 4. The average Bonchev–Trinajstić information content (AvgIpc) is 2.91. The third kappa shape index (κ3) is 5.61. The highest BCUT2D eigenvalue weighted by molar-refractivity contribution is 6.35. The van der Waals surface area contributed by atoms with Gasteiger partial charge in [0.25, 0.3) is 5.56 Å². The van der Waals surface area contributed by atoms with Crippen LogP contribution in [0.5, 0.6) is 0 Å². The quantitative estimate of drug-likeness (QED) is 0.249. The number of nitriles is 1. The van der Waals surface area contributed by atoms with E-state index in [9.17, 15) is 14.9 Å². The number of benzene rings is 2. The lowest BCUT2D eigenvalue weighted by molar-refractivity contribution is 0.252. The van der Waals surface area contributed by atoms with E-state index in [1.165, 1.54) is 10.9 Å². The van der Waals surface area contributed by atoms with Crippen LogP contribution >= 0.6 is 11.6 Å². The second kappa shape index (κ2) is 11.8. The number of amides is 2. The highest BCUT2D eigenvalue weighted by atomic mass is 35.5. The predicted molar refractivity (Wildman–Crippen MR) is 152 cm³/mol.